The number of hydrogen-bond donors (Lipinski definition) is 0. The predicted octanol–water partition coefficient (Wildman–Crippen LogP) is 4.65. The SMILES string of the molecule is ClCc1cc(Cl)ccc1OCC1CCCC1. The van der Waals surface area contributed by atoms with E-state index in [1.807, 2.05) is 18.2 Å². The fourth-order valence-electron chi connectivity index (χ4n) is 2.18. The van der Waals surface area contributed by atoms with Crippen LogP contribution in [0.3, 0.4) is 0 Å². The molecule has 1 aliphatic carbocycles. The Labute approximate surface area is 107 Å². The summed E-state index contributed by atoms with van der Waals surface area (Å²) in [7, 11) is 0. The lowest BCUT2D eigenvalue weighted by atomic mass is 10.1. The minimum Gasteiger partial charge on any atom is -0.493 e. The van der Waals surface area contributed by atoms with Gasteiger partial charge < -0.3 is 4.74 Å². The second kappa shape index (κ2) is 5.79. The Morgan fingerprint density at radius 1 is 1.25 bits per heavy atom. The van der Waals surface area contributed by atoms with E-state index in [1.165, 1.54) is 25.7 Å². The fraction of sp³-hybridized carbons (Fsp3) is 0.538. The lowest BCUT2D eigenvalue weighted by Gasteiger charge is -2.13. The third-order valence-corrected chi connectivity index (χ3v) is 3.64. The second-order valence-electron chi connectivity index (χ2n) is 4.35. The quantitative estimate of drug-likeness (QED) is 0.715. The predicted molar refractivity (Wildman–Crippen MR) is 68.5 cm³/mol. The van der Waals surface area contributed by atoms with E-state index >= 15 is 0 Å². The highest BCUT2D eigenvalue weighted by molar-refractivity contribution is 6.30. The van der Waals surface area contributed by atoms with Gasteiger partial charge in [0.2, 0.25) is 0 Å². The van der Waals surface area contributed by atoms with Crippen LogP contribution in [0.2, 0.25) is 5.02 Å². The van der Waals surface area contributed by atoms with Gasteiger partial charge in [0.15, 0.2) is 0 Å². The maximum Gasteiger partial charge on any atom is 0.123 e. The molecular weight excluding hydrogens is 243 g/mol. The van der Waals surface area contributed by atoms with E-state index in [1.54, 1.807) is 0 Å². The monoisotopic (exact) mass is 258 g/mol. The van der Waals surface area contributed by atoms with Crippen LogP contribution >= 0.6 is 23.2 Å². The van der Waals surface area contributed by atoms with E-state index in [4.69, 9.17) is 27.9 Å². The largest absolute Gasteiger partial charge is 0.493 e. The first-order chi connectivity index (χ1) is 7.79. The van der Waals surface area contributed by atoms with Gasteiger partial charge in [-0.3, -0.25) is 0 Å². The van der Waals surface area contributed by atoms with E-state index in [-0.39, 0.29) is 0 Å². The zero-order chi connectivity index (χ0) is 11.4. The molecule has 3 heteroatoms. The van der Waals surface area contributed by atoms with E-state index in [0.717, 1.165) is 23.8 Å². The molecular formula is C13H16Cl2O. The zero-order valence-corrected chi connectivity index (χ0v) is 10.7. The standard InChI is InChI=1S/C13H16Cl2O/c14-8-11-7-12(15)5-6-13(11)16-9-10-3-1-2-4-10/h5-7,10H,1-4,8-9H2. The van der Waals surface area contributed by atoms with Crippen molar-refractivity contribution in [1.29, 1.82) is 0 Å². The normalized spacial score (nSPS) is 16.6. The van der Waals surface area contributed by atoms with Gasteiger partial charge in [-0.15, -0.1) is 11.6 Å². The van der Waals surface area contributed by atoms with Gasteiger partial charge in [0.05, 0.1) is 12.5 Å². The van der Waals surface area contributed by atoms with E-state index in [0.29, 0.717) is 10.9 Å². The molecule has 0 aliphatic heterocycles. The summed E-state index contributed by atoms with van der Waals surface area (Å²) in [4.78, 5) is 0. The van der Waals surface area contributed by atoms with Crippen molar-refractivity contribution >= 4 is 23.2 Å². The Hall–Kier alpha value is -0.400. The molecule has 0 heterocycles. The number of benzene rings is 1. The molecule has 0 unspecified atom stereocenters. The summed E-state index contributed by atoms with van der Waals surface area (Å²) in [6, 6.07) is 5.63. The average Bonchev–Trinajstić information content (AvgIpc) is 2.80. The smallest absolute Gasteiger partial charge is 0.123 e. The van der Waals surface area contributed by atoms with Crippen LogP contribution in [0.15, 0.2) is 18.2 Å². The molecule has 0 radical (unpaired) electrons. The molecule has 0 spiro atoms. The number of alkyl halides is 1. The van der Waals surface area contributed by atoms with Crippen molar-refractivity contribution < 1.29 is 4.74 Å². The topological polar surface area (TPSA) is 9.23 Å². The molecule has 0 aromatic heterocycles. The first kappa shape index (κ1) is 12.1. The van der Waals surface area contributed by atoms with Crippen molar-refractivity contribution in [3.05, 3.63) is 28.8 Å². The summed E-state index contributed by atoms with van der Waals surface area (Å²) in [5.74, 6) is 2.05. The average molecular weight is 259 g/mol. The molecule has 2 rings (SSSR count). The van der Waals surface area contributed by atoms with Crippen LogP contribution in [0.5, 0.6) is 5.75 Å². The summed E-state index contributed by atoms with van der Waals surface area (Å²) in [5.41, 5.74) is 0.979. The van der Waals surface area contributed by atoms with Crippen LogP contribution in [0.25, 0.3) is 0 Å². The van der Waals surface area contributed by atoms with Crippen molar-refractivity contribution in [1.82, 2.24) is 0 Å². The first-order valence-corrected chi connectivity index (χ1v) is 6.68. The van der Waals surface area contributed by atoms with Crippen LogP contribution in [-0.2, 0) is 5.88 Å². The van der Waals surface area contributed by atoms with Crippen LogP contribution in [0.1, 0.15) is 31.2 Å². The molecule has 0 amide bonds. The highest BCUT2D eigenvalue weighted by Gasteiger charge is 2.16. The van der Waals surface area contributed by atoms with Crippen LogP contribution in [-0.4, -0.2) is 6.61 Å². The molecule has 0 atom stereocenters. The molecule has 0 saturated heterocycles. The minimum atomic E-state index is 0.445. The van der Waals surface area contributed by atoms with E-state index in [2.05, 4.69) is 0 Å². The Kier molecular flexibility index (Phi) is 4.37. The van der Waals surface area contributed by atoms with Gasteiger partial charge in [0.1, 0.15) is 5.75 Å². The summed E-state index contributed by atoms with van der Waals surface area (Å²) < 4.78 is 5.82. The van der Waals surface area contributed by atoms with Gasteiger partial charge in [0, 0.05) is 10.6 Å². The lowest BCUT2D eigenvalue weighted by molar-refractivity contribution is 0.250. The van der Waals surface area contributed by atoms with Gasteiger partial charge in [-0.25, -0.2) is 0 Å². The third kappa shape index (κ3) is 3.05. The zero-order valence-electron chi connectivity index (χ0n) is 9.22. The molecule has 1 saturated carbocycles. The molecule has 1 aromatic carbocycles. The van der Waals surface area contributed by atoms with Gasteiger partial charge in [-0.05, 0) is 37.0 Å². The van der Waals surface area contributed by atoms with Crippen molar-refractivity contribution in [3.8, 4) is 5.75 Å². The lowest BCUT2D eigenvalue weighted by Crippen LogP contribution is -2.08. The van der Waals surface area contributed by atoms with Crippen LogP contribution < -0.4 is 4.74 Å². The maximum absolute atomic E-state index is 5.91. The second-order valence-corrected chi connectivity index (χ2v) is 5.05. The summed E-state index contributed by atoms with van der Waals surface area (Å²) in [6.45, 7) is 0.811. The number of rotatable bonds is 4. The van der Waals surface area contributed by atoms with E-state index in [9.17, 15) is 0 Å². The molecule has 1 nitrogen and oxygen atoms in total. The fourth-order valence-corrected chi connectivity index (χ4v) is 2.58. The Morgan fingerprint density at radius 3 is 2.69 bits per heavy atom. The van der Waals surface area contributed by atoms with Gasteiger partial charge >= 0.3 is 0 Å². The molecule has 1 aromatic rings. The Bertz CT molecular complexity index is 346. The molecule has 1 fully saturated rings. The highest BCUT2D eigenvalue weighted by atomic mass is 35.5. The third-order valence-electron chi connectivity index (χ3n) is 3.12. The molecule has 0 bridgehead atoms. The molecule has 1 aliphatic rings. The van der Waals surface area contributed by atoms with Gasteiger partial charge in [-0.2, -0.15) is 0 Å². The Balaban J connectivity index is 1.97. The summed E-state index contributed by atoms with van der Waals surface area (Å²) >= 11 is 11.8. The van der Waals surface area contributed by atoms with Crippen molar-refractivity contribution in [3.63, 3.8) is 0 Å². The van der Waals surface area contributed by atoms with Gasteiger partial charge in [-0.1, -0.05) is 24.4 Å². The van der Waals surface area contributed by atoms with Crippen LogP contribution in [0, 0.1) is 5.92 Å². The van der Waals surface area contributed by atoms with Crippen molar-refractivity contribution in [2.75, 3.05) is 6.61 Å². The Morgan fingerprint density at radius 2 is 2.00 bits per heavy atom. The number of hydrogen-bond acceptors (Lipinski definition) is 1. The van der Waals surface area contributed by atoms with Crippen molar-refractivity contribution in [2.24, 2.45) is 5.92 Å². The molecule has 16 heavy (non-hydrogen) atoms. The van der Waals surface area contributed by atoms with Crippen LogP contribution in [0.4, 0.5) is 0 Å². The minimum absolute atomic E-state index is 0.445. The van der Waals surface area contributed by atoms with Crippen molar-refractivity contribution in [2.45, 2.75) is 31.6 Å². The molecule has 88 valence electrons. The van der Waals surface area contributed by atoms with Gasteiger partial charge in [0.25, 0.3) is 0 Å². The highest BCUT2D eigenvalue weighted by Crippen LogP contribution is 2.28. The van der Waals surface area contributed by atoms with E-state index < -0.39 is 0 Å². The molecule has 0 N–H and O–H groups in total. The summed E-state index contributed by atoms with van der Waals surface area (Å²) in [5, 5.41) is 0.712. The number of halogens is 2. The summed E-state index contributed by atoms with van der Waals surface area (Å²) in [6.07, 6.45) is 5.28. The first-order valence-electron chi connectivity index (χ1n) is 5.77. The maximum atomic E-state index is 5.91. The number of ether oxygens (including phenoxy) is 1.